The van der Waals surface area contributed by atoms with E-state index in [0.29, 0.717) is 32.1 Å². The van der Waals surface area contributed by atoms with Crippen LogP contribution in [-0.4, -0.2) is 30.0 Å². The molecule has 0 heterocycles. The molecule has 0 aliphatic carbocycles. The van der Waals surface area contributed by atoms with Crippen molar-refractivity contribution in [2.75, 3.05) is 0 Å². The van der Waals surface area contributed by atoms with E-state index in [0.717, 1.165) is 5.56 Å². The monoisotopic (exact) mass is 402 g/mol. The average Bonchev–Trinajstić information content (AvgIpc) is 2.68. The minimum atomic E-state index is -0.849. The Morgan fingerprint density at radius 1 is 1.10 bits per heavy atom. The summed E-state index contributed by atoms with van der Waals surface area (Å²) in [7, 11) is 0. The first-order valence-electron chi connectivity index (χ1n) is 9.77. The minimum absolute atomic E-state index is 0.0888. The van der Waals surface area contributed by atoms with Crippen molar-refractivity contribution in [2.24, 2.45) is 11.7 Å². The predicted octanol–water partition coefficient (Wildman–Crippen LogP) is 2.38. The van der Waals surface area contributed by atoms with Crippen molar-refractivity contribution < 1.29 is 19.1 Å². The Morgan fingerprint density at radius 2 is 1.79 bits per heavy atom. The molecule has 0 aromatic heterocycles. The molecule has 2 atom stereocenters. The lowest BCUT2D eigenvalue weighted by molar-refractivity contribution is -0.129. The van der Waals surface area contributed by atoms with Crippen LogP contribution in [0, 0.1) is 17.2 Å². The number of nitriles is 1. The highest BCUT2D eigenvalue weighted by Gasteiger charge is 2.26. The molecule has 0 unspecified atom stereocenters. The predicted molar refractivity (Wildman–Crippen MR) is 108 cm³/mol. The lowest BCUT2D eigenvalue weighted by Gasteiger charge is -2.23. The molecule has 0 saturated carbocycles. The minimum Gasteiger partial charge on any atom is -0.445 e. The Morgan fingerprint density at radius 3 is 2.38 bits per heavy atom. The quantitative estimate of drug-likeness (QED) is 0.461. The average molecular weight is 402 g/mol. The van der Waals surface area contributed by atoms with Crippen molar-refractivity contribution in [1.29, 1.82) is 5.26 Å². The molecule has 158 valence electrons. The summed E-state index contributed by atoms with van der Waals surface area (Å²) < 4.78 is 5.18. The van der Waals surface area contributed by atoms with Gasteiger partial charge in [0.05, 0.1) is 6.07 Å². The van der Waals surface area contributed by atoms with Gasteiger partial charge < -0.3 is 21.1 Å². The number of carbonyl (C=O) groups is 3. The fourth-order valence-corrected chi connectivity index (χ4v) is 2.72. The van der Waals surface area contributed by atoms with E-state index in [1.54, 1.807) is 0 Å². The van der Waals surface area contributed by atoms with E-state index in [1.807, 2.05) is 50.2 Å². The van der Waals surface area contributed by atoms with Crippen LogP contribution < -0.4 is 16.4 Å². The van der Waals surface area contributed by atoms with Crippen LogP contribution >= 0.6 is 0 Å². The Balaban J connectivity index is 2.64. The molecule has 0 radical (unpaired) electrons. The van der Waals surface area contributed by atoms with E-state index in [2.05, 4.69) is 10.6 Å². The summed E-state index contributed by atoms with van der Waals surface area (Å²) in [5.74, 6) is -1.01. The van der Waals surface area contributed by atoms with Crippen LogP contribution in [0.2, 0.25) is 0 Å². The van der Waals surface area contributed by atoms with E-state index in [9.17, 15) is 14.4 Å². The van der Waals surface area contributed by atoms with Gasteiger partial charge in [-0.3, -0.25) is 9.59 Å². The van der Waals surface area contributed by atoms with Gasteiger partial charge >= 0.3 is 6.09 Å². The van der Waals surface area contributed by atoms with Gasteiger partial charge in [-0.15, -0.1) is 0 Å². The summed E-state index contributed by atoms with van der Waals surface area (Å²) in [6.45, 7) is 3.93. The first-order valence-corrected chi connectivity index (χ1v) is 9.77. The molecule has 0 spiro atoms. The smallest absolute Gasteiger partial charge is 0.408 e. The van der Waals surface area contributed by atoms with Gasteiger partial charge in [0.2, 0.25) is 11.8 Å². The van der Waals surface area contributed by atoms with Crippen molar-refractivity contribution in [2.45, 2.75) is 64.6 Å². The molecule has 29 heavy (non-hydrogen) atoms. The maximum Gasteiger partial charge on any atom is 0.408 e. The summed E-state index contributed by atoms with van der Waals surface area (Å²) in [6.07, 6.45) is 1.60. The lowest BCUT2D eigenvalue weighted by atomic mass is 10.0. The van der Waals surface area contributed by atoms with Crippen LogP contribution in [0.4, 0.5) is 4.79 Å². The number of hydrogen-bond donors (Lipinski definition) is 3. The maximum atomic E-state index is 12.7. The fraction of sp³-hybridized carbons (Fsp3) is 0.524. The molecule has 0 saturated heterocycles. The van der Waals surface area contributed by atoms with Gasteiger partial charge in [0.15, 0.2) is 0 Å². The first-order chi connectivity index (χ1) is 13.8. The highest BCUT2D eigenvalue weighted by molar-refractivity contribution is 5.90. The standard InChI is InChI=1S/C21H30N4O4/c1-15(2)13-18(25-21(28)29-14-16-9-5-3-6-10-16)20(27)24-17(19(23)26)11-7-4-8-12-22/h3,5-6,9-10,15,17-18H,4,7-8,11,13-14H2,1-2H3,(H2,23,26)(H,24,27)(H,25,28)/t17-,18-/m0/s1. The number of unbranched alkanes of at least 4 members (excludes halogenated alkanes) is 2. The zero-order valence-electron chi connectivity index (χ0n) is 17.0. The number of amides is 3. The number of hydrogen-bond acceptors (Lipinski definition) is 5. The molecular formula is C21H30N4O4. The van der Waals surface area contributed by atoms with E-state index < -0.39 is 30.0 Å². The number of benzene rings is 1. The van der Waals surface area contributed by atoms with Gasteiger partial charge in [0, 0.05) is 6.42 Å². The van der Waals surface area contributed by atoms with Crippen LogP contribution in [-0.2, 0) is 20.9 Å². The third-order valence-corrected chi connectivity index (χ3v) is 4.22. The first kappa shape index (κ1) is 24.0. The SMILES string of the molecule is CC(C)C[C@H](NC(=O)OCc1ccccc1)C(=O)N[C@@H](CCCCC#N)C(N)=O. The maximum absolute atomic E-state index is 12.7. The number of alkyl carbamates (subject to hydrolysis) is 1. The number of rotatable bonds is 12. The van der Waals surface area contributed by atoms with Gasteiger partial charge in [-0.1, -0.05) is 44.2 Å². The van der Waals surface area contributed by atoms with Gasteiger partial charge in [0.25, 0.3) is 0 Å². The van der Waals surface area contributed by atoms with Gasteiger partial charge in [-0.05, 0) is 37.2 Å². The normalized spacial score (nSPS) is 12.5. The fourth-order valence-electron chi connectivity index (χ4n) is 2.72. The molecule has 3 amide bonds. The molecule has 0 bridgehead atoms. The van der Waals surface area contributed by atoms with Crippen LogP contribution in [0.15, 0.2) is 30.3 Å². The summed E-state index contributed by atoms with van der Waals surface area (Å²) in [5, 5.41) is 13.8. The zero-order valence-corrected chi connectivity index (χ0v) is 17.0. The van der Waals surface area contributed by atoms with Crippen molar-refractivity contribution in [1.82, 2.24) is 10.6 Å². The molecule has 0 aliphatic heterocycles. The topological polar surface area (TPSA) is 134 Å². The molecule has 8 heteroatoms. The Labute approximate surface area is 171 Å². The molecule has 1 aromatic carbocycles. The molecule has 0 fully saturated rings. The highest BCUT2D eigenvalue weighted by Crippen LogP contribution is 2.09. The third-order valence-electron chi connectivity index (χ3n) is 4.22. The third kappa shape index (κ3) is 10.1. The molecular weight excluding hydrogens is 372 g/mol. The van der Waals surface area contributed by atoms with Crippen LogP contribution in [0.5, 0.6) is 0 Å². The van der Waals surface area contributed by atoms with E-state index in [1.165, 1.54) is 0 Å². The summed E-state index contributed by atoms with van der Waals surface area (Å²) >= 11 is 0. The van der Waals surface area contributed by atoms with Crippen molar-refractivity contribution >= 4 is 17.9 Å². The Hall–Kier alpha value is -3.08. The van der Waals surface area contributed by atoms with Gasteiger partial charge in [0.1, 0.15) is 18.7 Å². The number of ether oxygens (including phenoxy) is 1. The molecule has 8 nitrogen and oxygen atoms in total. The van der Waals surface area contributed by atoms with Crippen LogP contribution in [0.25, 0.3) is 0 Å². The van der Waals surface area contributed by atoms with Crippen molar-refractivity contribution in [3.63, 3.8) is 0 Å². The van der Waals surface area contributed by atoms with Gasteiger partial charge in [-0.2, -0.15) is 5.26 Å². The second kappa shape index (κ2) is 13.2. The molecule has 1 rings (SSSR count). The largest absolute Gasteiger partial charge is 0.445 e. The Bertz CT molecular complexity index is 700. The van der Waals surface area contributed by atoms with E-state index in [4.69, 9.17) is 15.7 Å². The zero-order chi connectivity index (χ0) is 21.6. The molecule has 1 aromatic rings. The second-order valence-electron chi connectivity index (χ2n) is 7.26. The summed E-state index contributed by atoms with van der Waals surface area (Å²) in [6, 6.07) is 9.53. The number of nitrogens with two attached hydrogens (primary N) is 1. The number of primary amides is 1. The Kier molecular flexibility index (Phi) is 10.9. The number of nitrogens with one attached hydrogen (secondary N) is 2. The van der Waals surface area contributed by atoms with Crippen LogP contribution in [0.1, 0.15) is 51.5 Å². The van der Waals surface area contributed by atoms with E-state index in [-0.39, 0.29) is 12.5 Å². The molecule has 4 N–H and O–H groups in total. The number of nitrogens with zero attached hydrogens (tertiary/aromatic N) is 1. The highest BCUT2D eigenvalue weighted by atomic mass is 16.5. The summed E-state index contributed by atoms with van der Waals surface area (Å²) in [4.78, 5) is 36.4. The molecule has 0 aliphatic rings. The summed E-state index contributed by atoms with van der Waals surface area (Å²) in [5.41, 5.74) is 6.22. The van der Waals surface area contributed by atoms with E-state index >= 15 is 0 Å². The second-order valence-corrected chi connectivity index (χ2v) is 7.26. The van der Waals surface area contributed by atoms with Crippen molar-refractivity contribution in [3.05, 3.63) is 35.9 Å². The van der Waals surface area contributed by atoms with Crippen molar-refractivity contribution in [3.8, 4) is 6.07 Å². The van der Waals surface area contributed by atoms with Gasteiger partial charge in [-0.25, -0.2) is 4.79 Å². The lowest BCUT2D eigenvalue weighted by Crippen LogP contribution is -2.53. The van der Waals surface area contributed by atoms with Crippen LogP contribution in [0.3, 0.4) is 0 Å². The number of carbonyl (C=O) groups excluding carboxylic acids is 3.